The lowest BCUT2D eigenvalue weighted by Gasteiger charge is -2.24. The largest absolute Gasteiger partial charge is 0.382 e. The molecular weight excluding hydrogens is 310 g/mol. The molecule has 2 saturated heterocycles. The molecule has 1 aromatic rings. The van der Waals surface area contributed by atoms with Crippen molar-refractivity contribution in [1.29, 1.82) is 0 Å². The standard InChI is InChI=1S/C21H33N3O/c1-14(2)16(4)23-20-7-5-6-19(15(20)3)21(25)24-10-8-17-12-22-13-18(17)9-11-24/h5-7,14,16-18,22-23H,8-13H2,1-4H3/t16?,17-,18+. The van der Waals surface area contributed by atoms with E-state index in [9.17, 15) is 4.79 Å². The van der Waals surface area contributed by atoms with Gasteiger partial charge in [-0.3, -0.25) is 4.79 Å². The summed E-state index contributed by atoms with van der Waals surface area (Å²) in [6, 6.07) is 6.46. The average Bonchev–Trinajstić information content (AvgIpc) is 2.94. The van der Waals surface area contributed by atoms with Crippen molar-refractivity contribution < 1.29 is 4.79 Å². The van der Waals surface area contributed by atoms with E-state index in [1.54, 1.807) is 0 Å². The van der Waals surface area contributed by atoms with Crippen LogP contribution in [-0.4, -0.2) is 43.0 Å². The van der Waals surface area contributed by atoms with Gasteiger partial charge >= 0.3 is 0 Å². The van der Waals surface area contributed by atoms with Crippen molar-refractivity contribution in [3.05, 3.63) is 29.3 Å². The first-order chi connectivity index (χ1) is 12.0. The van der Waals surface area contributed by atoms with Crippen LogP contribution in [0, 0.1) is 24.7 Å². The van der Waals surface area contributed by atoms with Gasteiger partial charge in [0.25, 0.3) is 5.91 Å². The monoisotopic (exact) mass is 343 g/mol. The van der Waals surface area contributed by atoms with Crippen LogP contribution in [-0.2, 0) is 0 Å². The van der Waals surface area contributed by atoms with E-state index < -0.39 is 0 Å². The maximum atomic E-state index is 13.1. The Balaban J connectivity index is 1.73. The van der Waals surface area contributed by atoms with Crippen molar-refractivity contribution in [1.82, 2.24) is 10.2 Å². The zero-order valence-electron chi connectivity index (χ0n) is 16.1. The molecule has 4 nitrogen and oxygen atoms in total. The summed E-state index contributed by atoms with van der Waals surface area (Å²) in [6.45, 7) is 12.7. The van der Waals surface area contributed by atoms with Crippen LogP contribution in [0.1, 0.15) is 49.5 Å². The molecule has 2 fully saturated rings. The summed E-state index contributed by atoms with van der Waals surface area (Å²) in [7, 11) is 0. The van der Waals surface area contributed by atoms with Gasteiger partial charge in [0.1, 0.15) is 0 Å². The molecule has 2 N–H and O–H groups in total. The number of hydrogen-bond donors (Lipinski definition) is 2. The third-order valence-corrected chi connectivity index (χ3v) is 6.25. The number of carbonyl (C=O) groups excluding carboxylic acids is 1. The molecule has 2 aliphatic heterocycles. The molecule has 0 saturated carbocycles. The smallest absolute Gasteiger partial charge is 0.254 e. The van der Waals surface area contributed by atoms with E-state index in [4.69, 9.17) is 0 Å². The minimum Gasteiger partial charge on any atom is -0.382 e. The van der Waals surface area contributed by atoms with Crippen LogP contribution in [0.3, 0.4) is 0 Å². The maximum Gasteiger partial charge on any atom is 0.254 e. The zero-order chi connectivity index (χ0) is 18.0. The van der Waals surface area contributed by atoms with Crippen molar-refractivity contribution in [3.63, 3.8) is 0 Å². The summed E-state index contributed by atoms with van der Waals surface area (Å²) in [5.41, 5.74) is 3.01. The number of hydrogen-bond acceptors (Lipinski definition) is 3. The summed E-state index contributed by atoms with van der Waals surface area (Å²) < 4.78 is 0. The summed E-state index contributed by atoms with van der Waals surface area (Å²) in [5, 5.41) is 7.07. The molecule has 0 aromatic heterocycles. The molecule has 0 radical (unpaired) electrons. The predicted molar refractivity (Wildman–Crippen MR) is 104 cm³/mol. The number of anilines is 1. The minimum atomic E-state index is 0.200. The lowest BCUT2D eigenvalue weighted by molar-refractivity contribution is 0.0758. The Bertz CT molecular complexity index is 599. The van der Waals surface area contributed by atoms with Crippen LogP contribution in [0.15, 0.2) is 18.2 Å². The second-order valence-electron chi connectivity index (χ2n) is 8.20. The summed E-state index contributed by atoms with van der Waals surface area (Å²) in [5.74, 6) is 2.25. The summed E-state index contributed by atoms with van der Waals surface area (Å²) >= 11 is 0. The Morgan fingerprint density at radius 3 is 2.40 bits per heavy atom. The molecule has 2 aliphatic rings. The molecule has 2 heterocycles. The Labute approximate surface area is 152 Å². The normalized spacial score (nSPS) is 24.8. The van der Waals surface area contributed by atoms with Crippen LogP contribution < -0.4 is 10.6 Å². The van der Waals surface area contributed by atoms with Gasteiger partial charge in [-0.05, 0) is 75.2 Å². The van der Waals surface area contributed by atoms with Crippen LogP contribution in [0.5, 0.6) is 0 Å². The Kier molecular flexibility index (Phi) is 5.67. The fourth-order valence-corrected chi connectivity index (χ4v) is 4.03. The van der Waals surface area contributed by atoms with Crippen molar-refractivity contribution >= 4 is 11.6 Å². The fraction of sp³-hybridized carbons (Fsp3) is 0.667. The lowest BCUT2D eigenvalue weighted by atomic mass is 9.92. The second kappa shape index (κ2) is 7.77. The Morgan fingerprint density at radius 2 is 1.80 bits per heavy atom. The number of nitrogens with zero attached hydrogens (tertiary/aromatic N) is 1. The minimum absolute atomic E-state index is 0.200. The molecule has 0 spiro atoms. The maximum absolute atomic E-state index is 13.1. The van der Waals surface area contributed by atoms with Crippen LogP contribution in [0.4, 0.5) is 5.69 Å². The van der Waals surface area contributed by atoms with E-state index >= 15 is 0 Å². The van der Waals surface area contributed by atoms with Gasteiger partial charge in [-0.1, -0.05) is 19.9 Å². The van der Waals surface area contributed by atoms with Gasteiger partial charge in [0, 0.05) is 30.4 Å². The van der Waals surface area contributed by atoms with Crippen LogP contribution in [0.25, 0.3) is 0 Å². The molecule has 138 valence electrons. The summed E-state index contributed by atoms with van der Waals surface area (Å²) in [4.78, 5) is 15.2. The highest BCUT2D eigenvalue weighted by Gasteiger charge is 2.32. The molecule has 4 heteroatoms. The molecule has 0 aliphatic carbocycles. The molecule has 1 amide bonds. The lowest BCUT2D eigenvalue weighted by Crippen LogP contribution is -2.33. The van der Waals surface area contributed by atoms with E-state index in [0.29, 0.717) is 12.0 Å². The van der Waals surface area contributed by atoms with Crippen molar-refractivity contribution in [2.75, 3.05) is 31.5 Å². The number of amides is 1. The average molecular weight is 344 g/mol. The highest BCUT2D eigenvalue weighted by molar-refractivity contribution is 5.97. The molecule has 1 aromatic carbocycles. The quantitative estimate of drug-likeness (QED) is 0.879. The zero-order valence-corrected chi connectivity index (χ0v) is 16.1. The van der Waals surface area contributed by atoms with Crippen molar-refractivity contribution in [2.24, 2.45) is 17.8 Å². The van der Waals surface area contributed by atoms with Crippen molar-refractivity contribution in [3.8, 4) is 0 Å². The van der Waals surface area contributed by atoms with Gasteiger partial charge in [0.15, 0.2) is 0 Å². The van der Waals surface area contributed by atoms with E-state index in [0.717, 1.165) is 67.7 Å². The first kappa shape index (κ1) is 18.2. The predicted octanol–water partition coefficient (Wildman–Crippen LogP) is 3.52. The number of rotatable bonds is 4. The van der Waals surface area contributed by atoms with Crippen LogP contribution >= 0.6 is 0 Å². The summed E-state index contributed by atoms with van der Waals surface area (Å²) in [6.07, 6.45) is 2.26. The Morgan fingerprint density at radius 1 is 1.16 bits per heavy atom. The molecule has 25 heavy (non-hydrogen) atoms. The van der Waals surface area contributed by atoms with Crippen molar-refractivity contribution in [2.45, 2.75) is 46.6 Å². The van der Waals surface area contributed by atoms with E-state index in [1.165, 1.54) is 0 Å². The SMILES string of the molecule is Cc1c(NC(C)C(C)C)cccc1C(=O)N1CC[C@@H]2CNC[C@@H]2CC1. The van der Waals surface area contributed by atoms with E-state index in [2.05, 4.69) is 49.3 Å². The molecule has 3 rings (SSSR count). The highest BCUT2D eigenvalue weighted by Crippen LogP contribution is 2.29. The number of carbonyl (C=O) groups is 1. The second-order valence-corrected chi connectivity index (χ2v) is 8.20. The number of fused-ring (bicyclic) bond motifs is 1. The Hall–Kier alpha value is -1.55. The molecule has 1 unspecified atom stereocenters. The highest BCUT2D eigenvalue weighted by atomic mass is 16.2. The van der Waals surface area contributed by atoms with Gasteiger partial charge in [-0.25, -0.2) is 0 Å². The van der Waals surface area contributed by atoms with Gasteiger partial charge < -0.3 is 15.5 Å². The fourth-order valence-electron chi connectivity index (χ4n) is 4.03. The van der Waals surface area contributed by atoms with Crippen LogP contribution in [0.2, 0.25) is 0 Å². The topological polar surface area (TPSA) is 44.4 Å². The van der Waals surface area contributed by atoms with E-state index in [-0.39, 0.29) is 5.91 Å². The van der Waals surface area contributed by atoms with Gasteiger partial charge in [-0.2, -0.15) is 0 Å². The first-order valence-corrected chi connectivity index (χ1v) is 9.83. The number of nitrogens with one attached hydrogen (secondary N) is 2. The third kappa shape index (κ3) is 4.00. The van der Waals surface area contributed by atoms with E-state index in [1.807, 2.05) is 12.1 Å². The molecular formula is C21H33N3O. The third-order valence-electron chi connectivity index (χ3n) is 6.25. The number of benzene rings is 1. The van der Waals surface area contributed by atoms with Gasteiger partial charge in [0.05, 0.1) is 0 Å². The number of likely N-dealkylation sites (tertiary alicyclic amines) is 1. The molecule has 0 bridgehead atoms. The molecule has 3 atom stereocenters. The van der Waals surface area contributed by atoms with Gasteiger partial charge in [-0.15, -0.1) is 0 Å². The van der Waals surface area contributed by atoms with Gasteiger partial charge in [0.2, 0.25) is 0 Å². The first-order valence-electron chi connectivity index (χ1n) is 9.83.